The molecule has 1 fully saturated rings. The fourth-order valence-corrected chi connectivity index (χ4v) is 2.60. The van der Waals surface area contributed by atoms with Crippen LogP contribution in [0.1, 0.15) is 18.4 Å². The Bertz CT molecular complexity index is 434. The van der Waals surface area contributed by atoms with E-state index in [4.69, 9.17) is 4.74 Å². The Morgan fingerprint density at radius 2 is 2.37 bits per heavy atom. The number of amides is 1. The maximum atomic E-state index is 13.1. The van der Waals surface area contributed by atoms with Crippen LogP contribution in [0.2, 0.25) is 0 Å². The average Bonchev–Trinajstić information content (AvgIpc) is 2.39. The lowest BCUT2D eigenvalue weighted by atomic mass is 9.98. The van der Waals surface area contributed by atoms with Crippen molar-refractivity contribution < 1.29 is 13.9 Å². The van der Waals surface area contributed by atoms with Crippen molar-refractivity contribution in [1.82, 2.24) is 4.90 Å². The van der Waals surface area contributed by atoms with Crippen molar-refractivity contribution in [3.05, 3.63) is 35.6 Å². The third-order valence-electron chi connectivity index (χ3n) is 3.52. The molecule has 1 amide bonds. The topological polar surface area (TPSA) is 29.5 Å². The van der Waals surface area contributed by atoms with E-state index >= 15 is 0 Å². The van der Waals surface area contributed by atoms with Crippen molar-refractivity contribution in [3.8, 4) is 0 Å². The first-order valence-corrected chi connectivity index (χ1v) is 6.70. The Morgan fingerprint density at radius 3 is 3.11 bits per heavy atom. The highest BCUT2D eigenvalue weighted by atomic mass is 19.1. The number of hydrogen-bond donors (Lipinski definition) is 0. The Hall–Kier alpha value is -1.42. The van der Waals surface area contributed by atoms with E-state index in [0.717, 1.165) is 31.5 Å². The lowest BCUT2D eigenvalue weighted by molar-refractivity contribution is -0.132. The summed E-state index contributed by atoms with van der Waals surface area (Å²) in [6.45, 7) is 2.25. The number of methoxy groups -OCH3 is 1. The molecule has 0 radical (unpaired) electrons. The number of likely N-dealkylation sites (tertiary alicyclic amines) is 1. The normalized spacial score (nSPS) is 19.5. The molecule has 1 aromatic rings. The van der Waals surface area contributed by atoms with Gasteiger partial charge < -0.3 is 9.64 Å². The summed E-state index contributed by atoms with van der Waals surface area (Å²) in [6, 6.07) is 6.25. The number of hydrogen-bond acceptors (Lipinski definition) is 2. The molecule has 2 rings (SSSR count). The van der Waals surface area contributed by atoms with Crippen LogP contribution in [0.25, 0.3) is 0 Å². The molecule has 0 aromatic heterocycles. The summed E-state index contributed by atoms with van der Waals surface area (Å²) in [5.41, 5.74) is 0.735. The van der Waals surface area contributed by atoms with Gasteiger partial charge in [0.25, 0.3) is 0 Å². The van der Waals surface area contributed by atoms with Gasteiger partial charge in [0.05, 0.1) is 13.0 Å². The van der Waals surface area contributed by atoms with Crippen molar-refractivity contribution in [1.29, 1.82) is 0 Å². The molecule has 104 valence electrons. The summed E-state index contributed by atoms with van der Waals surface area (Å²) >= 11 is 0. The number of rotatable bonds is 4. The van der Waals surface area contributed by atoms with Gasteiger partial charge in [0.1, 0.15) is 5.82 Å². The van der Waals surface area contributed by atoms with Gasteiger partial charge in [0.15, 0.2) is 0 Å². The van der Waals surface area contributed by atoms with Gasteiger partial charge >= 0.3 is 0 Å². The molecular weight excluding hydrogens is 245 g/mol. The van der Waals surface area contributed by atoms with Crippen LogP contribution in [0.4, 0.5) is 4.39 Å². The first kappa shape index (κ1) is 14.0. The predicted octanol–water partition coefficient (Wildman–Crippen LogP) is 2.25. The van der Waals surface area contributed by atoms with E-state index in [1.807, 2.05) is 4.90 Å². The van der Waals surface area contributed by atoms with E-state index in [-0.39, 0.29) is 18.1 Å². The highest BCUT2D eigenvalue weighted by molar-refractivity contribution is 5.78. The number of piperidine rings is 1. The summed E-state index contributed by atoms with van der Waals surface area (Å²) in [6.07, 6.45) is 2.40. The molecule has 0 spiro atoms. The average molecular weight is 265 g/mol. The molecule has 1 aliphatic heterocycles. The van der Waals surface area contributed by atoms with Gasteiger partial charge in [0.2, 0.25) is 5.91 Å². The number of carbonyl (C=O) groups is 1. The largest absolute Gasteiger partial charge is 0.384 e. The van der Waals surface area contributed by atoms with Crippen LogP contribution in [0.15, 0.2) is 24.3 Å². The molecule has 0 aliphatic carbocycles. The first-order chi connectivity index (χ1) is 9.19. The van der Waals surface area contributed by atoms with Crippen molar-refractivity contribution in [2.75, 3.05) is 26.8 Å². The third kappa shape index (κ3) is 4.03. The molecule has 1 aromatic carbocycles. The van der Waals surface area contributed by atoms with Crippen LogP contribution in [-0.2, 0) is 16.0 Å². The molecule has 1 aliphatic rings. The minimum absolute atomic E-state index is 0.0754. The molecule has 1 atom stereocenters. The molecule has 1 heterocycles. The Kier molecular flexibility index (Phi) is 4.91. The summed E-state index contributed by atoms with van der Waals surface area (Å²) in [4.78, 5) is 14.1. The number of benzene rings is 1. The molecule has 3 nitrogen and oxygen atoms in total. The molecule has 19 heavy (non-hydrogen) atoms. The van der Waals surface area contributed by atoms with Gasteiger partial charge in [-0.3, -0.25) is 4.79 Å². The van der Waals surface area contributed by atoms with Crippen LogP contribution >= 0.6 is 0 Å². The highest BCUT2D eigenvalue weighted by Crippen LogP contribution is 2.18. The Labute approximate surface area is 113 Å². The van der Waals surface area contributed by atoms with Crippen LogP contribution in [0.5, 0.6) is 0 Å². The van der Waals surface area contributed by atoms with E-state index in [1.54, 1.807) is 19.2 Å². The van der Waals surface area contributed by atoms with Gasteiger partial charge in [0, 0.05) is 20.2 Å². The number of halogens is 1. The standard InChI is InChI=1S/C15H20FNO2/c1-19-11-13-5-3-7-17(10-13)15(18)9-12-4-2-6-14(16)8-12/h2,4,6,8,13H,3,5,7,9-11H2,1H3/t13-/m1/s1. The van der Waals surface area contributed by atoms with Gasteiger partial charge in [-0.05, 0) is 36.5 Å². The maximum Gasteiger partial charge on any atom is 0.227 e. The number of nitrogens with zero attached hydrogens (tertiary/aromatic N) is 1. The SMILES string of the molecule is COC[C@@H]1CCCN(C(=O)Cc2cccc(F)c2)C1. The zero-order valence-corrected chi connectivity index (χ0v) is 11.3. The summed E-state index contributed by atoms with van der Waals surface area (Å²) in [7, 11) is 1.69. The Balaban J connectivity index is 1.92. The second kappa shape index (κ2) is 6.66. The van der Waals surface area contributed by atoms with Crippen LogP contribution in [0, 0.1) is 11.7 Å². The van der Waals surface area contributed by atoms with Crippen LogP contribution in [0.3, 0.4) is 0 Å². The lowest BCUT2D eigenvalue weighted by Gasteiger charge is -2.32. The number of ether oxygens (including phenoxy) is 1. The maximum absolute atomic E-state index is 13.1. The highest BCUT2D eigenvalue weighted by Gasteiger charge is 2.23. The molecule has 4 heteroatoms. The summed E-state index contributed by atoms with van der Waals surface area (Å²) in [5.74, 6) is 0.211. The minimum Gasteiger partial charge on any atom is -0.384 e. The number of carbonyl (C=O) groups excluding carboxylic acids is 1. The van der Waals surface area contributed by atoms with Crippen LogP contribution < -0.4 is 0 Å². The summed E-state index contributed by atoms with van der Waals surface area (Å²) in [5, 5.41) is 0. The zero-order valence-electron chi connectivity index (χ0n) is 11.3. The van der Waals surface area contributed by atoms with Gasteiger partial charge in [-0.1, -0.05) is 12.1 Å². The molecule has 0 bridgehead atoms. The molecule has 0 N–H and O–H groups in total. The van der Waals surface area contributed by atoms with Gasteiger partial charge in [-0.25, -0.2) is 4.39 Å². The molecular formula is C15H20FNO2. The fraction of sp³-hybridized carbons (Fsp3) is 0.533. The molecule has 0 unspecified atom stereocenters. The van der Waals surface area contributed by atoms with E-state index < -0.39 is 0 Å². The third-order valence-corrected chi connectivity index (χ3v) is 3.52. The van der Waals surface area contributed by atoms with E-state index in [2.05, 4.69) is 0 Å². The zero-order chi connectivity index (χ0) is 13.7. The second-order valence-electron chi connectivity index (χ2n) is 5.11. The Morgan fingerprint density at radius 1 is 1.53 bits per heavy atom. The van der Waals surface area contributed by atoms with Crippen molar-refractivity contribution in [2.45, 2.75) is 19.3 Å². The quantitative estimate of drug-likeness (QED) is 0.835. The van der Waals surface area contributed by atoms with E-state index in [0.29, 0.717) is 12.5 Å². The molecule has 0 saturated carbocycles. The van der Waals surface area contributed by atoms with Gasteiger partial charge in [-0.15, -0.1) is 0 Å². The van der Waals surface area contributed by atoms with Crippen molar-refractivity contribution in [3.63, 3.8) is 0 Å². The monoisotopic (exact) mass is 265 g/mol. The lowest BCUT2D eigenvalue weighted by Crippen LogP contribution is -2.41. The van der Waals surface area contributed by atoms with Crippen molar-refractivity contribution in [2.24, 2.45) is 5.92 Å². The molecule has 1 saturated heterocycles. The minimum atomic E-state index is -0.291. The van der Waals surface area contributed by atoms with Gasteiger partial charge in [-0.2, -0.15) is 0 Å². The second-order valence-corrected chi connectivity index (χ2v) is 5.11. The first-order valence-electron chi connectivity index (χ1n) is 6.70. The van der Waals surface area contributed by atoms with E-state index in [1.165, 1.54) is 12.1 Å². The fourth-order valence-electron chi connectivity index (χ4n) is 2.60. The van der Waals surface area contributed by atoms with E-state index in [9.17, 15) is 9.18 Å². The smallest absolute Gasteiger partial charge is 0.227 e. The predicted molar refractivity (Wildman–Crippen MR) is 71.3 cm³/mol. The van der Waals surface area contributed by atoms with Crippen LogP contribution in [-0.4, -0.2) is 37.6 Å². The summed E-state index contributed by atoms with van der Waals surface area (Å²) < 4.78 is 18.2. The van der Waals surface area contributed by atoms with Crippen molar-refractivity contribution >= 4 is 5.91 Å².